The fourth-order valence-electron chi connectivity index (χ4n) is 3.45. The molecule has 1 aliphatic carbocycles. The second kappa shape index (κ2) is 7.10. The molecule has 0 N–H and O–H groups in total. The van der Waals surface area contributed by atoms with Crippen LogP contribution in [0.2, 0.25) is 5.28 Å². The van der Waals surface area contributed by atoms with Gasteiger partial charge in [-0.3, -0.25) is 4.68 Å². The predicted octanol–water partition coefficient (Wildman–Crippen LogP) is 4.20. The second-order valence-corrected chi connectivity index (χ2v) is 6.39. The molecule has 1 unspecified atom stereocenters. The Morgan fingerprint density at radius 3 is 2.87 bits per heavy atom. The van der Waals surface area contributed by atoms with Crippen molar-refractivity contribution in [3.05, 3.63) is 29.4 Å². The highest BCUT2D eigenvalue weighted by Gasteiger charge is 2.27. The molecule has 2 aromatic heterocycles. The van der Waals surface area contributed by atoms with Crippen molar-refractivity contribution >= 4 is 11.6 Å². The Bertz CT molecular complexity index is 712. The molecule has 6 heteroatoms. The second-order valence-electron chi connectivity index (χ2n) is 6.05. The molecule has 0 spiro atoms. The van der Waals surface area contributed by atoms with Gasteiger partial charge in [-0.25, -0.2) is 9.97 Å². The summed E-state index contributed by atoms with van der Waals surface area (Å²) in [7, 11) is 0. The van der Waals surface area contributed by atoms with E-state index in [1.807, 2.05) is 17.1 Å². The first kappa shape index (κ1) is 15.9. The third-order valence-electron chi connectivity index (χ3n) is 4.68. The van der Waals surface area contributed by atoms with Gasteiger partial charge in [-0.15, -0.1) is 0 Å². The van der Waals surface area contributed by atoms with Crippen LogP contribution < -0.4 is 0 Å². The predicted molar refractivity (Wildman–Crippen MR) is 88.9 cm³/mol. The van der Waals surface area contributed by atoms with Crippen molar-refractivity contribution in [2.75, 3.05) is 0 Å². The summed E-state index contributed by atoms with van der Waals surface area (Å²) in [5.41, 5.74) is 2.82. The number of aryl methyl sites for hydroxylation is 1. The van der Waals surface area contributed by atoms with Crippen LogP contribution in [-0.4, -0.2) is 19.7 Å². The van der Waals surface area contributed by atoms with Crippen LogP contribution in [-0.2, 0) is 6.42 Å². The maximum atomic E-state index is 9.17. The lowest BCUT2D eigenvalue weighted by atomic mass is 9.96. The van der Waals surface area contributed by atoms with Crippen LogP contribution in [0.4, 0.5) is 0 Å². The average Bonchev–Trinajstić information content (AvgIpc) is 3.24. The molecule has 120 valence electrons. The topological polar surface area (TPSA) is 67.4 Å². The van der Waals surface area contributed by atoms with Gasteiger partial charge < -0.3 is 0 Å². The molecular weight excluding hydrogens is 310 g/mol. The number of hydrogen-bond donors (Lipinski definition) is 0. The first-order valence-corrected chi connectivity index (χ1v) is 8.53. The van der Waals surface area contributed by atoms with E-state index in [1.165, 1.54) is 25.7 Å². The van der Waals surface area contributed by atoms with Gasteiger partial charge in [0.15, 0.2) is 0 Å². The summed E-state index contributed by atoms with van der Waals surface area (Å²) in [4.78, 5) is 8.42. The van der Waals surface area contributed by atoms with Crippen molar-refractivity contribution in [3.63, 3.8) is 0 Å². The summed E-state index contributed by atoms with van der Waals surface area (Å²) >= 11 is 5.95. The quantitative estimate of drug-likeness (QED) is 0.771. The summed E-state index contributed by atoms with van der Waals surface area (Å²) in [5, 5.41) is 13.9. The van der Waals surface area contributed by atoms with Gasteiger partial charge in [-0.2, -0.15) is 10.4 Å². The third-order valence-corrected chi connectivity index (χ3v) is 4.86. The largest absolute Gasteiger partial charge is 0.268 e. The summed E-state index contributed by atoms with van der Waals surface area (Å²) in [6.45, 7) is 2.07. The first-order chi connectivity index (χ1) is 11.2. The molecule has 1 atom stereocenters. The number of rotatable bonds is 5. The van der Waals surface area contributed by atoms with Crippen LogP contribution in [0, 0.1) is 17.2 Å². The monoisotopic (exact) mass is 329 g/mol. The molecule has 3 rings (SSSR count). The standard InChI is InChI=1S/C17H20ClN5/c1-2-12-9-20-17(18)22-16(12)14-10-21-23(11-14)15(7-8-19)13-5-3-4-6-13/h9-11,13,15H,2-7H2,1H3. The highest BCUT2D eigenvalue weighted by molar-refractivity contribution is 6.28. The first-order valence-electron chi connectivity index (χ1n) is 8.15. The Balaban J connectivity index is 1.93. The maximum absolute atomic E-state index is 9.17. The van der Waals surface area contributed by atoms with E-state index in [0.717, 1.165) is 23.2 Å². The molecule has 1 aliphatic rings. The maximum Gasteiger partial charge on any atom is 0.222 e. The van der Waals surface area contributed by atoms with Crippen LogP contribution in [0.15, 0.2) is 18.6 Å². The van der Waals surface area contributed by atoms with Crippen LogP contribution in [0.1, 0.15) is 50.6 Å². The zero-order valence-corrected chi connectivity index (χ0v) is 14.0. The lowest BCUT2D eigenvalue weighted by Crippen LogP contribution is -2.17. The summed E-state index contributed by atoms with van der Waals surface area (Å²) < 4.78 is 1.95. The van der Waals surface area contributed by atoms with E-state index in [4.69, 9.17) is 11.6 Å². The van der Waals surface area contributed by atoms with Crippen molar-refractivity contribution in [2.24, 2.45) is 5.92 Å². The SMILES string of the molecule is CCc1cnc(Cl)nc1-c1cnn(C(CC#N)C2CCCC2)c1. The molecule has 0 amide bonds. The summed E-state index contributed by atoms with van der Waals surface area (Å²) in [5.74, 6) is 0.544. The molecule has 5 nitrogen and oxygen atoms in total. The number of hydrogen-bond acceptors (Lipinski definition) is 4. The Kier molecular flexibility index (Phi) is 4.92. The van der Waals surface area contributed by atoms with Crippen LogP contribution in [0.25, 0.3) is 11.3 Å². The molecular formula is C17H20ClN5. The van der Waals surface area contributed by atoms with Gasteiger partial charge in [0.25, 0.3) is 0 Å². The third kappa shape index (κ3) is 3.37. The lowest BCUT2D eigenvalue weighted by Gasteiger charge is -2.21. The zero-order chi connectivity index (χ0) is 16.2. The number of aromatic nitrogens is 4. The number of nitriles is 1. The summed E-state index contributed by atoms with van der Waals surface area (Å²) in [6, 6.07) is 2.47. The van der Waals surface area contributed by atoms with Crippen molar-refractivity contribution < 1.29 is 0 Å². The van der Waals surface area contributed by atoms with Gasteiger partial charge >= 0.3 is 0 Å². The Hall–Kier alpha value is -1.93. The Morgan fingerprint density at radius 2 is 2.17 bits per heavy atom. The highest BCUT2D eigenvalue weighted by Crippen LogP contribution is 2.36. The molecule has 0 bridgehead atoms. The van der Waals surface area contributed by atoms with Crippen molar-refractivity contribution in [1.29, 1.82) is 5.26 Å². The molecule has 1 saturated carbocycles. The van der Waals surface area contributed by atoms with E-state index in [-0.39, 0.29) is 11.3 Å². The minimum atomic E-state index is 0.152. The number of halogens is 1. The fraction of sp³-hybridized carbons (Fsp3) is 0.529. The van der Waals surface area contributed by atoms with Crippen molar-refractivity contribution in [3.8, 4) is 17.3 Å². The van der Waals surface area contributed by atoms with E-state index in [2.05, 4.69) is 28.1 Å². The van der Waals surface area contributed by atoms with Crippen molar-refractivity contribution in [1.82, 2.24) is 19.7 Å². The minimum absolute atomic E-state index is 0.152. The normalized spacial score (nSPS) is 16.4. The van der Waals surface area contributed by atoms with Gasteiger partial charge in [0.2, 0.25) is 5.28 Å². The molecule has 0 aromatic carbocycles. The molecule has 1 fully saturated rings. The van der Waals surface area contributed by atoms with E-state index in [1.54, 1.807) is 6.20 Å². The van der Waals surface area contributed by atoms with E-state index >= 15 is 0 Å². The number of nitrogens with zero attached hydrogens (tertiary/aromatic N) is 5. The van der Waals surface area contributed by atoms with E-state index in [9.17, 15) is 5.26 Å². The fourth-order valence-corrected chi connectivity index (χ4v) is 3.58. The Labute approximate surface area is 141 Å². The molecule has 0 radical (unpaired) electrons. The van der Waals surface area contributed by atoms with Gasteiger partial charge in [0, 0.05) is 18.0 Å². The van der Waals surface area contributed by atoms with Gasteiger partial charge in [0.1, 0.15) is 0 Å². The molecule has 0 aliphatic heterocycles. The Morgan fingerprint density at radius 1 is 1.39 bits per heavy atom. The van der Waals surface area contributed by atoms with Crippen molar-refractivity contribution in [2.45, 2.75) is 51.5 Å². The molecule has 2 heterocycles. The minimum Gasteiger partial charge on any atom is -0.268 e. The molecule has 23 heavy (non-hydrogen) atoms. The van der Waals surface area contributed by atoms with Crippen LogP contribution in [0.5, 0.6) is 0 Å². The molecule has 0 saturated heterocycles. The van der Waals surface area contributed by atoms with Gasteiger partial charge in [0.05, 0.1) is 30.4 Å². The van der Waals surface area contributed by atoms with E-state index < -0.39 is 0 Å². The van der Waals surface area contributed by atoms with Crippen LogP contribution in [0.3, 0.4) is 0 Å². The molecule has 2 aromatic rings. The van der Waals surface area contributed by atoms with Crippen LogP contribution >= 0.6 is 11.6 Å². The van der Waals surface area contributed by atoms with Gasteiger partial charge in [-0.05, 0) is 42.3 Å². The summed E-state index contributed by atoms with van der Waals surface area (Å²) in [6.07, 6.45) is 11.8. The average molecular weight is 330 g/mol. The smallest absolute Gasteiger partial charge is 0.222 e. The van der Waals surface area contributed by atoms with E-state index in [0.29, 0.717) is 12.3 Å². The zero-order valence-electron chi connectivity index (χ0n) is 13.2. The highest BCUT2D eigenvalue weighted by atomic mass is 35.5. The lowest BCUT2D eigenvalue weighted by molar-refractivity contribution is 0.315. The van der Waals surface area contributed by atoms with Gasteiger partial charge in [-0.1, -0.05) is 19.8 Å².